The van der Waals surface area contributed by atoms with Crippen LogP contribution in [0.4, 0.5) is 5.69 Å². The van der Waals surface area contributed by atoms with Crippen molar-refractivity contribution in [1.82, 2.24) is 5.32 Å². The van der Waals surface area contributed by atoms with E-state index in [1.54, 1.807) is 7.11 Å². The monoisotopic (exact) mass is 252 g/mol. The molecule has 1 aromatic carbocycles. The highest BCUT2D eigenvalue weighted by Crippen LogP contribution is 2.11. The molecule has 0 aliphatic rings. The molecule has 17 heavy (non-hydrogen) atoms. The van der Waals surface area contributed by atoms with Crippen LogP contribution in [0.5, 0.6) is 0 Å². The molecule has 0 spiro atoms. The minimum atomic E-state index is 0.617. The Hall–Kier alpha value is -1.13. The van der Waals surface area contributed by atoms with Crippen LogP contribution in [0.2, 0.25) is 0 Å². The Kier molecular flexibility index (Phi) is 6.58. The fourth-order valence-corrected chi connectivity index (χ4v) is 1.68. The molecule has 0 heterocycles. The lowest BCUT2D eigenvalue weighted by atomic mass is 10.2. The van der Waals surface area contributed by atoms with Crippen molar-refractivity contribution in [1.29, 1.82) is 0 Å². The number of anilines is 1. The molecule has 3 nitrogen and oxygen atoms in total. The van der Waals surface area contributed by atoms with Crippen LogP contribution in [-0.2, 0) is 11.3 Å². The standard InChI is InChI=1S/C13H20N2OS/c1-3-4-8-14-13(17)15-12-7-5-6-11(9-12)10-16-2/h5-7,9H,3-4,8,10H2,1-2H3,(H2,14,15,17). The van der Waals surface area contributed by atoms with Crippen molar-refractivity contribution < 1.29 is 4.74 Å². The molecule has 0 aliphatic carbocycles. The van der Waals surface area contributed by atoms with Gasteiger partial charge in [-0.1, -0.05) is 25.5 Å². The van der Waals surface area contributed by atoms with Crippen molar-refractivity contribution in [3.8, 4) is 0 Å². The summed E-state index contributed by atoms with van der Waals surface area (Å²) >= 11 is 5.20. The summed E-state index contributed by atoms with van der Waals surface area (Å²) in [6.07, 6.45) is 2.30. The minimum Gasteiger partial charge on any atom is -0.380 e. The third-order valence-corrected chi connectivity index (χ3v) is 2.56. The van der Waals surface area contributed by atoms with E-state index in [2.05, 4.69) is 17.6 Å². The van der Waals surface area contributed by atoms with Gasteiger partial charge in [0, 0.05) is 19.3 Å². The van der Waals surface area contributed by atoms with E-state index in [0.717, 1.165) is 24.2 Å². The van der Waals surface area contributed by atoms with Gasteiger partial charge in [0.1, 0.15) is 0 Å². The first-order valence-electron chi connectivity index (χ1n) is 5.89. The molecule has 0 saturated heterocycles. The minimum absolute atomic E-state index is 0.617. The van der Waals surface area contributed by atoms with Crippen molar-refractivity contribution in [3.63, 3.8) is 0 Å². The average molecular weight is 252 g/mol. The van der Waals surface area contributed by atoms with Crippen LogP contribution in [0.15, 0.2) is 24.3 Å². The van der Waals surface area contributed by atoms with E-state index in [-0.39, 0.29) is 0 Å². The van der Waals surface area contributed by atoms with Gasteiger partial charge in [-0.15, -0.1) is 0 Å². The van der Waals surface area contributed by atoms with Gasteiger partial charge in [0.25, 0.3) is 0 Å². The molecule has 0 unspecified atom stereocenters. The first kappa shape index (κ1) is 13.9. The lowest BCUT2D eigenvalue weighted by molar-refractivity contribution is 0.185. The second kappa shape index (κ2) is 8.03. The van der Waals surface area contributed by atoms with Crippen LogP contribution in [0.1, 0.15) is 25.3 Å². The van der Waals surface area contributed by atoms with Gasteiger partial charge in [-0.2, -0.15) is 0 Å². The topological polar surface area (TPSA) is 33.3 Å². The Morgan fingerprint density at radius 2 is 2.24 bits per heavy atom. The van der Waals surface area contributed by atoms with Gasteiger partial charge in [-0.3, -0.25) is 0 Å². The first-order chi connectivity index (χ1) is 8.26. The lowest BCUT2D eigenvalue weighted by Gasteiger charge is -2.11. The Labute approximate surface area is 109 Å². The zero-order chi connectivity index (χ0) is 12.5. The van der Waals surface area contributed by atoms with Gasteiger partial charge in [0.05, 0.1) is 6.61 Å². The largest absolute Gasteiger partial charge is 0.380 e. The maximum Gasteiger partial charge on any atom is 0.170 e. The van der Waals surface area contributed by atoms with E-state index in [0.29, 0.717) is 11.7 Å². The normalized spacial score (nSPS) is 10.0. The van der Waals surface area contributed by atoms with Gasteiger partial charge < -0.3 is 15.4 Å². The molecule has 0 aromatic heterocycles. The number of unbranched alkanes of at least 4 members (excludes halogenated alkanes) is 1. The number of methoxy groups -OCH3 is 1. The van der Waals surface area contributed by atoms with Gasteiger partial charge in [0.2, 0.25) is 0 Å². The summed E-state index contributed by atoms with van der Waals surface area (Å²) in [6, 6.07) is 8.05. The maximum absolute atomic E-state index is 5.20. The first-order valence-corrected chi connectivity index (χ1v) is 6.29. The molecule has 1 aromatic rings. The van der Waals surface area contributed by atoms with Gasteiger partial charge in [-0.05, 0) is 36.3 Å². The highest BCUT2D eigenvalue weighted by molar-refractivity contribution is 7.80. The van der Waals surface area contributed by atoms with E-state index in [9.17, 15) is 0 Å². The van der Waals surface area contributed by atoms with Gasteiger partial charge in [0.15, 0.2) is 5.11 Å². The van der Waals surface area contributed by atoms with Crippen molar-refractivity contribution in [2.24, 2.45) is 0 Å². The number of rotatable bonds is 6. The summed E-state index contributed by atoms with van der Waals surface area (Å²) in [6.45, 7) is 3.69. The molecule has 94 valence electrons. The summed E-state index contributed by atoms with van der Waals surface area (Å²) < 4.78 is 5.09. The van der Waals surface area contributed by atoms with E-state index in [1.165, 1.54) is 6.42 Å². The van der Waals surface area contributed by atoms with E-state index < -0.39 is 0 Å². The Bertz CT molecular complexity index is 355. The molecule has 4 heteroatoms. The number of thiocarbonyl (C=S) groups is 1. The Morgan fingerprint density at radius 3 is 2.94 bits per heavy atom. The third-order valence-electron chi connectivity index (χ3n) is 2.31. The quantitative estimate of drug-likeness (QED) is 0.602. The summed E-state index contributed by atoms with van der Waals surface area (Å²) in [5.74, 6) is 0. The molecule has 0 radical (unpaired) electrons. The van der Waals surface area contributed by atoms with Gasteiger partial charge >= 0.3 is 0 Å². The van der Waals surface area contributed by atoms with Crippen LogP contribution in [0, 0.1) is 0 Å². The zero-order valence-electron chi connectivity index (χ0n) is 10.5. The van der Waals surface area contributed by atoms with Crippen LogP contribution in [-0.4, -0.2) is 18.8 Å². The molecular formula is C13H20N2OS. The molecule has 0 fully saturated rings. The van der Waals surface area contributed by atoms with Crippen molar-refractivity contribution in [2.45, 2.75) is 26.4 Å². The van der Waals surface area contributed by atoms with Crippen molar-refractivity contribution >= 4 is 23.0 Å². The van der Waals surface area contributed by atoms with Crippen LogP contribution in [0.25, 0.3) is 0 Å². The number of hydrogen-bond donors (Lipinski definition) is 2. The third kappa shape index (κ3) is 5.65. The average Bonchev–Trinajstić information content (AvgIpc) is 2.30. The van der Waals surface area contributed by atoms with Crippen molar-refractivity contribution in [2.75, 3.05) is 19.0 Å². The SMILES string of the molecule is CCCCNC(=S)Nc1cccc(COC)c1. The predicted molar refractivity (Wildman–Crippen MR) is 76.3 cm³/mol. The van der Waals surface area contributed by atoms with Crippen LogP contribution < -0.4 is 10.6 Å². The fraction of sp³-hybridized carbons (Fsp3) is 0.462. The highest BCUT2D eigenvalue weighted by atomic mass is 32.1. The van der Waals surface area contributed by atoms with Crippen molar-refractivity contribution in [3.05, 3.63) is 29.8 Å². The molecular weight excluding hydrogens is 232 g/mol. The summed E-state index contributed by atoms with van der Waals surface area (Å²) in [4.78, 5) is 0. The smallest absolute Gasteiger partial charge is 0.170 e. The fourth-order valence-electron chi connectivity index (χ4n) is 1.46. The summed E-state index contributed by atoms with van der Waals surface area (Å²) in [5, 5.41) is 7.01. The molecule has 0 bridgehead atoms. The Morgan fingerprint density at radius 1 is 1.41 bits per heavy atom. The number of benzene rings is 1. The highest BCUT2D eigenvalue weighted by Gasteiger charge is 1.98. The predicted octanol–water partition coefficient (Wildman–Crippen LogP) is 2.92. The summed E-state index contributed by atoms with van der Waals surface area (Å²) in [7, 11) is 1.69. The second-order valence-corrected chi connectivity index (χ2v) is 4.28. The number of nitrogens with one attached hydrogen (secondary N) is 2. The maximum atomic E-state index is 5.20. The van der Waals surface area contributed by atoms with E-state index >= 15 is 0 Å². The molecule has 0 saturated carbocycles. The lowest BCUT2D eigenvalue weighted by Crippen LogP contribution is -2.29. The molecule has 2 N–H and O–H groups in total. The molecule has 0 amide bonds. The zero-order valence-corrected chi connectivity index (χ0v) is 11.3. The van der Waals surface area contributed by atoms with E-state index in [1.807, 2.05) is 24.3 Å². The summed E-state index contributed by atoms with van der Waals surface area (Å²) in [5.41, 5.74) is 2.13. The molecule has 1 rings (SSSR count). The molecule has 0 aliphatic heterocycles. The van der Waals surface area contributed by atoms with Crippen LogP contribution in [0.3, 0.4) is 0 Å². The van der Waals surface area contributed by atoms with Crippen LogP contribution >= 0.6 is 12.2 Å². The van der Waals surface area contributed by atoms with E-state index in [4.69, 9.17) is 17.0 Å². The number of hydrogen-bond acceptors (Lipinski definition) is 2. The number of ether oxygens (including phenoxy) is 1. The Balaban J connectivity index is 2.44. The molecule has 0 atom stereocenters. The second-order valence-electron chi connectivity index (χ2n) is 3.87. The van der Waals surface area contributed by atoms with Gasteiger partial charge in [-0.25, -0.2) is 0 Å².